The fourth-order valence-corrected chi connectivity index (χ4v) is 1.43. The highest BCUT2D eigenvalue weighted by molar-refractivity contribution is 5.97. The first-order chi connectivity index (χ1) is 5.68. The van der Waals surface area contributed by atoms with Crippen LogP contribution in [0.4, 0.5) is 0 Å². The molecular weight excluding hydrogens is 154 g/mol. The Morgan fingerprint density at radius 2 is 2.25 bits per heavy atom. The van der Waals surface area contributed by atoms with Crippen molar-refractivity contribution in [2.45, 2.75) is 13.5 Å². The fourth-order valence-electron chi connectivity index (χ4n) is 1.43. The van der Waals surface area contributed by atoms with Crippen molar-refractivity contribution in [1.82, 2.24) is 5.06 Å². The number of hydroxylamine groups is 2. The minimum absolute atomic E-state index is 0.301. The number of hydrogen-bond donors (Lipinski definition) is 1. The number of fused-ring (bicyclic) bond motifs is 1. The quantitative estimate of drug-likeness (QED) is 0.586. The lowest BCUT2D eigenvalue weighted by Crippen LogP contribution is -2.18. The highest BCUT2D eigenvalue weighted by Gasteiger charge is 2.25. The van der Waals surface area contributed by atoms with Crippen LogP contribution >= 0.6 is 0 Å². The zero-order valence-electron chi connectivity index (χ0n) is 6.74. The molecule has 1 aromatic carbocycles. The van der Waals surface area contributed by atoms with Crippen LogP contribution in [0, 0.1) is 6.92 Å². The molecular formula is C9H9NO2. The summed E-state index contributed by atoms with van der Waals surface area (Å²) in [5.74, 6) is -0.301. The monoisotopic (exact) mass is 163 g/mol. The van der Waals surface area contributed by atoms with Crippen LogP contribution in [0.2, 0.25) is 0 Å². The maximum atomic E-state index is 11.2. The average Bonchev–Trinajstić information content (AvgIpc) is 2.28. The minimum Gasteiger partial charge on any atom is -0.285 e. The summed E-state index contributed by atoms with van der Waals surface area (Å²) in [7, 11) is 0. The second-order valence-corrected chi connectivity index (χ2v) is 3.02. The predicted octanol–water partition coefficient (Wildman–Crippen LogP) is 1.34. The number of benzene rings is 1. The topological polar surface area (TPSA) is 40.5 Å². The molecule has 0 saturated heterocycles. The van der Waals surface area contributed by atoms with Crippen LogP contribution in [-0.4, -0.2) is 16.2 Å². The number of carbonyl (C=O) groups is 1. The summed E-state index contributed by atoms with van der Waals surface area (Å²) >= 11 is 0. The van der Waals surface area contributed by atoms with Gasteiger partial charge in [-0.1, -0.05) is 17.7 Å². The van der Waals surface area contributed by atoms with Crippen LogP contribution in [0.3, 0.4) is 0 Å². The molecule has 0 aliphatic carbocycles. The van der Waals surface area contributed by atoms with Crippen LogP contribution in [0.1, 0.15) is 21.5 Å². The summed E-state index contributed by atoms with van der Waals surface area (Å²) in [5, 5.41) is 9.83. The van der Waals surface area contributed by atoms with E-state index in [1.807, 2.05) is 19.1 Å². The van der Waals surface area contributed by atoms with Crippen LogP contribution in [-0.2, 0) is 6.54 Å². The van der Waals surface area contributed by atoms with E-state index in [0.29, 0.717) is 12.1 Å². The Balaban J connectivity index is 2.54. The Kier molecular flexibility index (Phi) is 1.41. The van der Waals surface area contributed by atoms with Gasteiger partial charge in [0.05, 0.1) is 6.54 Å². The van der Waals surface area contributed by atoms with E-state index in [-0.39, 0.29) is 5.91 Å². The van der Waals surface area contributed by atoms with E-state index in [1.54, 1.807) is 6.07 Å². The molecule has 1 aromatic rings. The van der Waals surface area contributed by atoms with Crippen molar-refractivity contribution in [2.75, 3.05) is 0 Å². The van der Waals surface area contributed by atoms with Crippen molar-refractivity contribution in [3.05, 3.63) is 34.9 Å². The van der Waals surface area contributed by atoms with E-state index in [2.05, 4.69) is 0 Å². The molecule has 0 spiro atoms. The summed E-state index contributed by atoms with van der Waals surface area (Å²) in [4.78, 5) is 11.2. The molecule has 1 aliphatic heterocycles. The lowest BCUT2D eigenvalue weighted by molar-refractivity contribution is -0.0579. The third kappa shape index (κ3) is 0.905. The molecule has 0 unspecified atom stereocenters. The van der Waals surface area contributed by atoms with E-state index in [9.17, 15) is 4.79 Å². The molecule has 1 amide bonds. The molecule has 0 aromatic heterocycles. The summed E-state index contributed by atoms with van der Waals surface area (Å²) in [6.07, 6.45) is 0. The molecule has 0 bridgehead atoms. The van der Waals surface area contributed by atoms with Crippen molar-refractivity contribution in [3.63, 3.8) is 0 Å². The van der Waals surface area contributed by atoms with Crippen LogP contribution in [0.15, 0.2) is 18.2 Å². The first kappa shape index (κ1) is 7.31. The highest BCUT2D eigenvalue weighted by Crippen LogP contribution is 2.21. The van der Waals surface area contributed by atoms with Gasteiger partial charge in [0, 0.05) is 5.56 Å². The minimum atomic E-state index is -0.301. The SMILES string of the molecule is Cc1ccc2c(c1)CN(O)C2=O. The fraction of sp³-hybridized carbons (Fsp3) is 0.222. The number of nitrogens with zero attached hydrogens (tertiary/aromatic N) is 1. The second-order valence-electron chi connectivity index (χ2n) is 3.02. The Morgan fingerprint density at radius 1 is 1.50 bits per heavy atom. The average molecular weight is 163 g/mol. The lowest BCUT2D eigenvalue weighted by Gasteiger charge is -2.01. The maximum absolute atomic E-state index is 11.2. The van der Waals surface area contributed by atoms with E-state index in [4.69, 9.17) is 5.21 Å². The van der Waals surface area contributed by atoms with Gasteiger partial charge >= 0.3 is 0 Å². The van der Waals surface area contributed by atoms with Crippen molar-refractivity contribution < 1.29 is 10.0 Å². The van der Waals surface area contributed by atoms with Gasteiger partial charge in [0.25, 0.3) is 5.91 Å². The van der Waals surface area contributed by atoms with Crippen molar-refractivity contribution in [1.29, 1.82) is 0 Å². The molecule has 12 heavy (non-hydrogen) atoms. The maximum Gasteiger partial charge on any atom is 0.277 e. The van der Waals surface area contributed by atoms with E-state index < -0.39 is 0 Å². The molecule has 1 aliphatic rings. The normalized spacial score (nSPS) is 15.2. The summed E-state index contributed by atoms with van der Waals surface area (Å²) in [6, 6.07) is 5.54. The number of carbonyl (C=O) groups excluding carboxylic acids is 1. The van der Waals surface area contributed by atoms with Gasteiger partial charge in [0.15, 0.2) is 0 Å². The number of rotatable bonds is 0. The van der Waals surface area contributed by atoms with E-state index in [0.717, 1.165) is 16.2 Å². The molecule has 2 rings (SSSR count). The molecule has 3 heteroatoms. The first-order valence-electron chi connectivity index (χ1n) is 3.79. The molecule has 1 N–H and O–H groups in total. The molecule has 0 fully saturated rings. The second kappa shape index (κ2) is 2.32. The third-order valence-corrected chi connectivity index (χ3v) is 2.05. The Labute approximate surface area is 70.2 Å². The zero-order valence-corrected chi connectivity index (χ0v) is 6.74. The predicted molar refractivity (Wildman–Crippen MR) is 42.8 cm³/mol. The lowest BCUT2D eigenvalue weighted by atomic mass is 10.1. The van der Waals surface area contributed by atoms with Gasteiger partial charge < -0.3 is 0 Å². The van der Waals surface area contributed by atoms with Crippen LogP contribution < -0.4 is 0 Å². The number of hydrogen-bond acceptors (Lipinski definition) is 2. The van der Waals surface area contributed by atoms with Gasteiger partial charge in [-0.2, -0.15) is 0 Å². The zero-order chi connectivity index (χ0) is 8.72. The summed E-state index contributed by atoms with van der Waals surface area (Å²) in [6.45, 7) is 2.28. The van der Waals surface area contributed by atoms with Crippen LogP contribution in [0.25, 0.3) is 0 Å². The summed E-state index contributed by atoms with van der Waals surface area (Å²) in [5.41, 5.74) is 2.63. The van der Waals surface area contributed by atoms with Crippen molar-refractivity contribution in [2.24, 2.45) is 0 Å². The van der Waals surface area contributed by atoms with Crippen molar-refractivity contribution in [3.8, 4) is 0 Å². The van der Waals surface area contributed by atoms with Gasteiger partial charge in [-0.25, -0.2) is 5.06 Å². The van der Waals surface area contributed by atoms with Gasteiger partial charge in [-0.3, -0.25) is 10.0 Å². The molecule has 1 heterocycles. The first-order valence-corrected chi connectivity index (χ1v) is 3.79. The highest BCUT2D eigenvalue weighted by atomic mass is 16.5. The van der Waals surface area contributed by atoms with Gasteiger partial charge in [0.1, 0.15) is 0 Å². The standard InChI is InChI=1S/C9H9NO2/c1-6-2-3-8-7(4-6)5-10(12)9(8)11/h2-4,12H,5H2,1H3. The van der Waals surface area contributed by atoms with Crippen molar-refractivity contribution >= 4 is 5.91 Å². The Bertz CT molecular complexity index is 346. The van der Waals surface area contributed by atoms with E-state index in [1.165, 1.54) is 0 Å². The Hall–Kier alpha value is -1.35. The molecule has 0 atom stereocenters. The molecule has 0 saturated carbocycles. The van der Waals surface area contributed by atoms with Gasteiger partial charge in [-0.15, -0.1) is 0 Å². The summed E-state index contributed by atoms with van der Waals surface area (Å²) < 4.78 is 0. The largest absolute Gasteiger partial charge is 0.285 e. The van der Waals surface area contributed by atoms with Gasteiger partial charge in [-0.05, 0) is 18.6 Å². The number of aryl methyl sites for hydroxylation is 1. The molecule has 3 nitrogen and oxygen atoms in total. The molecule has 0 radical (unpaired) electrons. The Morgan fingerprint density at radius 3 is 3.00 bits per heavy atom. The van der Waals surface area contributed by atoms with Crippen LogP contribution in [0.5, 0.6) is 0 Å². The third-order valence-electron chi connectivity index (χ3n) is 2.05. The molecule has 62 valence electrons. The van der Waals surface area contributed by atoms with Gasteiger partial charge in [0.2, 0.25) is 0 Å². The smallest absolute Gasteiger partial charge is 0.277 e. The number of amides is 1. The van der Waals surface area contributed by atoms with E-state index >= 15 is 0 Å².